The van der Waals surface area contributed by atoms with E-state index in [1.807, 2.05) is 0 Å². The summed E-state index contributed by atoms with van der Waals surface area (Å²) in [6, 6.07) is 24.5. The molecule has 0 unspecified atom stereocenters. The lowest BCUT2D eigenvalue weighted by atomic mass is 10.2. The molecule has 16 nitrogen and oxygen atoms in total. The van der Waals surface area contributed by atoms with Crippen LogP contribution in [0.4, 0.5) is 55.7 Å². The molecule has 0 bridgehead atoms. The molecule has 1 saturated heterocycles. The number of hydrogen-bond donors (Lipinski definition) is 2. The Morgan fingerprint density at radius 1 is 0.600 bits per heavy atom. The molecule has 0 atom stereocenters. The van der Waals surface area contributed by atoms with Gasteiger partial charge in [0.15, 0.2) is 40.6 Å². The van der Waals surface area contributed by atoms with Gasteiger partial charge in [0.1, 0.15) is 17.3 Å². The van der Waals surface area contributed by atoms with Gasteiger partial charge < -0.3 is 29.7 Å². The smallest absolute Gasteiger partial charge is 0.345 e. The number of amides is 4. The second-order valence-electron chi connectivity index (χ2n) is 15.4. The first-order chi connectivity index (χ1) is 34.0. The summed E-state index contributed by atoms with van der Waals surface area (Å²) in [5.41, 5.74) is 1.54. The maximum atomic E-state index is 16.3. The summed E-state index contributed by atoms with van der Waals surface area (Å²) >= 11 is 6.23. The van der Waals surface area contributed by atoms with Crippen LogP contribution in [0.1, 0.15) is 0 Å². The molecule has 6 aromatic carbocycles. The second kappa shape index (κ2) is 19.4. The Morgan fingerprint density at radius 2 is 1.16 bits per heavy atom. The molecule has 1 fully saturated rings. The van der Waals surface area contributed by atoms with E-state index in [4.69, 9.17) is 30.8 Å². The van der Waals surface area contributed by atoms with Gasteiger partial charge in [0.2, 0.25) is 0 Å². The summed E-state index contributed by atoms with van der Waals surface area (Å²) in [6.07, 6.45) is 6.52. The van der Waals surface area contributed by atoms with E-state index in [-0.39, 0.29) is 50.8 Å². The van der Waals surface area contributed by atoms with Gasteiger partial charge in [0, 0.05) is 72.2 Å². The maximum absolute atomic E-state index is 16.3. The quantitative estimate of drug-likeness (QED) is 0.0990. The highest BCUT2D eigenvalue weighted by atomic mass is 35.5. The van der Waals surface area contributed by atoms with Crippen LogP contribution in [-0.4, -0.2) is 68.1 Å². The standard InChI is InChI=1S/C49H34ClF4N11O5/c50-29-2-6-32(7-3-29)64(48(66)59-31-5-14-44(38(53)23-31)69-34-9-12-40-42(25-34)60-46(27-55-40)62-18-20-68-21-19-62)65(49(67)58-30-4-11-36(51)37(52)22-30)33-8-15-45(39(54)24-33)70-35-10-13-41-43(26-35)61-47(28-56-41)63-17-1-16-57-63/h1-17,22-28H,18-21H2,(H,58,67)(H,59,66). The number of nitrogens with zero attached hydrogens (tertiary/aromatic N) is 9. The fraction of sp³-hybridized carbons (Fsp3) is 0.0816. The molecule has 10 rings (SSSR count). The molecule has 3 aromatic heterocycles. The fourth-order valence-electron chi connectivity index (χ4n) is 7.33. The molecule has 70 heavy (non-hydrogen) atoms. The van der Waals surface area contributed by atoms with Crippen LogP contribution in [0.5, 0.6) is 23.0 Å². The zero-order valence-corrected chi connectivity index (χ0v) is 36.9. The molecule has 21 heteroatoms. The summed E-state index contributed by atoms with van der Waals surface area (Å²) < 4.78 is 79.3. The number of carbonyl (C=O) groups is 2. The highest BCUT2D eigenvalue weighted by Crippen LogP contribution is 2.34. The number of morpholine rings is 1. The fourth-order valence-corrected chi connectivity index (χ4v) is 7.45. The average molecular weight is 968 g/mol. The molecule has 4 heterocycles. The Kier molecular flexibility index (Phi) is 12.4. The van der Waals surface area contributed by atoms with Crippen molar-refractivity contribution in [2.24, 2.45) is 0 Å². The van der Waals surface area contributed by atoms with E-state index in [1.54, 1.807) is 67.3 Å². The van der Waals surface area contributed by atoms with E-state index in [0.29, 0.717) is 60.0 Å². The van der Waals surface area contributed by atoms with Crippen molar-refractivity contribution in [2.45, 2.75) is 0 Å². The predicted molar refractivity (Wildman–Crippen MR) is 253 cm³/mol. The van der Waals surface area contributed by atoms with Gasteiger partial charge in [-0.25, -0.2) is 41.8 Å². The monoisotopic (exact) mass is 967 g/mol. The number of hydrogen-bond acceptors (Lipinski definition) is 11. The van der Waals surface area contributed by atoms with Crippen LogP contribution in [0.2, 0.25) is 5.02 Å². The van der Waals surface area contributed by atoms with Crippen LogP contribution in [0.3, 0.4) is 0 Å². The first kappa shape index (κ1) is 44.9. The van der Waals surface area contributed by atoms with E-state index in [1.165, 1.54) is 53.2 Å². The number of ether oxygens (including phenoxy) is 3. The Bertz CT molecular complexity index is 3420. The Morgan fingerprint density at radius 3 is 1.76 bits per heavy atom. The van der Waals surface area contributed by atoms with Crippen molar-refractivity contribution in [1.82, 2.24) is 29.7 Å². The summed E-state index contributed by atoms with van der Waals surface area (Å²) in [7, 11) is 0. The number of rotatable bonds is 10. The molecule has 2 N–H and O–H groups in total. The summed E-state index contributed by atoms with van der Waals surface area (Å²) in [5, 5.41) is 11.0. The number of halogens is 5. The van der Waals surface area contributed by atoms with Crippen molar-refractivity contribution in [1.29, 1.82) is 0 Å². The third-order valence-electron chi connectivity index (χ3n) is 10.7. The Hall–Kier alpha value is -8.88. The molecular weight excluding hydrogens is 934 g/mol. The van der Waals surface area contributed by atoms with Crippen LogP contribution in [0.25, 0.3) is 27.9 Å². The van der Waals surface area contributed by atoms with Crippen molar-refractivity contribution in [3.63, 3.8) is 0 Å². The first-order valence-electron chi connectivity index (χ1n) is 21.3. The summed E-state index contributed by atoms with van der Waals surface area (Å²) in [5.74, 6) is -3.22. The van der Waals surface area contributed by atoms with E-state index < -0.39 is 35.3 Å². The van der Waals surface area contributed by atoms with Crippen molar-refractivity contribution >= 4 is 74.3 Å². The lowest BCUT2D eigenvalue weighted by Gasteiger charge is -2.35. The molecule has 350 valence electrons. The predicted octanol–water partition coefficient (Wildman–Crippen LogP) is 11.1. The van der Waals surface area contributed by atoms with E-state index in [2.05, 4.69) is 35.6 Å². The molecule has 0 saturated carbocycles. The van der Waals surface area contributed by atoms with Crippen LogP contribution >= 0.6 is 11.6 Å². The van der Waals surface area contributed by atoms with Crippen molar-refractivity contribution < 1.29 is 41.4 Å². The van der Waals surface area contributed by atoms with Crippen LogP contribution < -0.4 is 35.0 Å². The highest BCUT2D eigenvalue weighted by molar-refractivity contribution is 6.30. The largest absolute Gasteiger partial charge is 0.454 e. The maximum Gasteiger partial charge on any atom is 0.345 e. The van der Waals surface area contributed by atoms with Crippen molar-refractivity contribution in [3.05, 3.63) is 174 Å². The number of fused-ring (bicyclic) bond motifs is 2. The number of hydrazine groups is 1. The number of nitrogens with one attached hydrogen (secondary N) is 2. The van der Waals surface area contributed by atoms with Gasteiger partial charge in [-0.15, -0.1) is 0 Å². The minimum Gasteiger partial charge on any atom is -0.454 e. The molecule has 1 aliphatic rings. The number of benzene rings is 6. The molecule has 4 amide bonds. The van der Waals surface area contributed by atoms with Crippen LogP contribution in [0, 0.1) is 23.3 Å². The highest BCUT2D eigenvalue weighted by Gasteiger charge is 2.31. The lowest BCUT2D eigenvalue weighted by molar-refractivity contribution is 0.122. The van der Waals surface area contributed by atoms with Gasteiger partial charge in [-0.2, -0.15) is 15.1 Å². The number of anilines is 5. The summed E-state index contributed by atoms with van der Waals surface area (Å²) in [6.45, 7) is 2.45. The zero-order chi connectivity index (χ0) is 48.3. The normalized spacial score (nSPS) is 12.4. The van der Waals surface area contributed by atoms with E-state index in [9.17, 15) is 18.4 Å². The number of aromatic nitrogens is 6. The zero-order valence-electron chi connectivity index (χ0n) is 36.1. The van der Waals surface area contributed by atoms with Crippen LogP contribution in [-0.2, 0) is 4.74 Å². The van der Waals surface area contributed by atoms with Gasteiger partial charge >= 0.3 is 12.1 Å². The van der Waals surface area contributed by atoms with E-state index in [0.717, 1.165) is 40.3 Å². The minimum absolute atomic E-state index is 0.00596. The molecular formula is C49H34ClF4N11O5. The number of carbonyl (C=O) groups excluding carboxylic acids is 2. The second-order valence-corrected chi connectivity index (χ2v) is 15.8. The van der Waals surface area contributed by atoms with Crippen molar-refractivity contribution in [2.75, 3.05) is 51.9 Å². The molecule has 9 aromatic rings. The topological polar surface area (TPSA) is 165 Å². The first-order valence-corrected chi connectivity index (χ1v) is 21.6. The SMILES string of the molecule is O=C(Nc1ccc(Oc2ccc3ncc(N4CCOCC4)nc3c2)c(F)c1)N(c1ccc(Cl)cc1)N(C(=O)Nc1ccc(F)c(F)c1)c1ccc(Oc2ccc3ncc(-n4cccn4)nc3c2)c(F)c1. The van der Waals surface area contributed by atoms with Crippen LogP contribution in [0.15, 0.2) is 146 Å². The lowest BCUT2D eigenvalue weighted by Crippen LogP contribution is -2.54. The molecule has 0 radical (unpaired) electrons. The van der Waals surface area contributed by atoms with Gasteiger partial charge in [0.05, 0.1) is 59.0 Å². The molecule has 0 spiro atoms. The summed E-state index contributed by atoms with van der Waals surface area (Å²) in [4.78, 5) is 49.2. The Balaban J connectivity index is 0.946. The van der Waals surface area contributed by atoms with Gasteiger partial charge in [-0.3, -0.25) is 9.97 Å². The van der Waals surface area contributed by atoms with Crippen molar-refractivity contribution in [3.8, 4) is 28.8 Å². The van der Waals surface area contributed by atoms with Gasteiger partial charge in [0.25, 0.3) is 0 Å². The van der Waals surface area contributed by atoms with Gasteiger partial charge in [-0.1, -0.05) is 11.6 Å². The third kappa shape index (κ3) is 9.75. The minimum atomic E-state index is -1.27. The van der Waals surface area contributed by atoms with E-state index >= 15 is 8.78 Å². The molecule has 0 aliphatic carbocycles. The Labute approximate surface area is 399 Å². The van der Waals surface area contributed by atoms with Gasteiger partial charge in [-0.05, 0) is 91.0 Å². The molecule has 1 aliphatic heterocycles. The third-order valence-corrected chi connectivity index (χ3v) is 11.0. The average Bonchev–Trinajstić information content (AvgIpc) is 3.92. The number of urea groups is 2.